The summed E-state index contributed by atoms with van der Waals surface area (Å²) in [6, 6.07) is 6.19. The van der Waals surface area contributed by atoms with Gasteiger partial charge in [0, 0.05) is 12.0 Å². The average Bonchev–Trinajstić information content (AvgIpc) is 3.06. The molecule has 2 aromatic rings. The van der Waals surface area contributed by atoms with E-state index in [9.17, 15) is 4.79 Å². The number of aromatic amines is 1. The van der Waals surface area contributed by atoms with Crippen molar-refractivity contribution in [3.63, 3.8) is 0 Å². The highest BCUT2D eigenvalue weighted by atomic mass is 16.1. The van der Waals surface area contributed by atoms with Crippen molar-refractivity contribution in [2.75, 3.05) is 6.54 Å². The van der Waals surface area contributed by atoms with Gasteiger partial charge in [-0.15, -0.1) is 0 Å². The van der Waals surface area contributed by atoms with E-state index in [1.165, 1.54) is 32.1 Å². The fraction of sp³-hybridized carbons (Fsp3) is 0.579. The number of fused-ring (bicyclic) bond motifs is 1. The van der Waals surface area contributed by atoms with Gasteiger partial charge >= 0.3 is 0 Å². The van der Waals surface area contributed by atoms with Crippen LogP contribution in [0.15, 0.2) is 18.2 Å². The third-order valence-electron chi connectivity index (χ3n) is 5.84. The van der Waals surface area contributed by atoms with Crippen molar-refractivity contribution in [2.24, 2.45) is 11.7 Å². The van der Waals surface area contributed by atoms with Crippen molar-refractivity contribution in [1.82, 2.24) is 15.3 Å². The second kappa shape index (κ2) is 6.55. The van der Waals surface area contributed by atoms with Crippen LogP contribution in [-0.4, -0.2) is 28.5 Å². The van der Waals surface area contributed by atoms with Gasteiger partial charge in [-0.25, -0.2) is 4.98 Å². The molecule has 1 amide bonds. The predicted molar refractivity (Wildman–Crippen MR) is 95.0 cm³/mol. The molecule has 2 unspecified atom stereocenters. The number of hydrogen-bond donors (Lipinski definition) is 3. The highest BCUT2D eigenvalue weighted by molar-refractivity contribution is 6.04. The van der Waals surface area contributed by atoms with Crippen LogP contribution in [0.5, 0.6) is 0 Å². The summed E-state index contributed by atoms with van der Waals surface area (Å²) < 4.78 is 0. The molecule has 1 aliphatic carbocycles. The van der Waals surface area contributed by atoms with E-state index in [-0.39, 0.29) is 0 Å². The zero-order valence-electron chi connectivity index (χ0n) is 14.1. The fourth-order valence-electron chi connectivity index (χ4n) is 4.54. The van der Waals surface area contributed by atoms with Crippen LogP contribution in [0.25, 0.3) is 11.0 Å². The first kappa shape index (κ1) is 15.6. The van der Waals surface area contributed by atoms with Gasteiger partial charge in [0.2, 0.25) is 0 Å². The summed E-state index contributed by atoms with van der Waals surface area (Å²) in [5, 5.41) is 3.74. The minimum absolute atomic E-state index is 0.413. The van der Waals surface area contributed by atoms with E-state index in [4.69, 9.17) is 10.7 Å². The largest absolute Gasteiger partial charge is 0.366 e. The van der Waals surface area contributed by atoms with Gasteiger partial charge in [-0.2, -0.15) is 0 Å². The molecule has 1 saturated carbocycles. The number of benzene rings is 1. The van der Waals surface area contributed by atoms with Gasteiger partial charge in [0.25, 0.3) is 5.91 Å². The lowest BCUT2D eigenvalue weighted by atomic mass is 9.78. The van der Waals surface area contributed by atoms with Crippen LogP contribution in [0.1, 0.15) is 67.0 Å². The molecule has 0 spiro atoms. The van der Waals surface area contributed by atoms with Crippen LogP contribution in [0.3, 0.4) is 0 Å². The maximum absolute atomic E-state index is 11.6. The molecule has 1 aliphatic heterocycles. The van der Waals surface area contributed by atoms with Crippen LogP contribution < -0.4 is 11.1 Å². The Hall–Kier alpha value is -1.88. The van der Waals surface area contributed by atoms with Crippen molar-refractivity contribution in [3.05, 3.63) is 29.6 Å². The molecular formula is C19H26N4O. The molecule has 2 aliphatic rings. The number of nitrogens with one attached hydrogen (secondary N) is 2. The number of piperidine rings is 1. The SMILES string of the molecule is NC(=O)c1cccc2[nH]c(C3CCNC(C4CCCCC4)C3)nc12. The smallest absolute Gasteiger partial charge is 0.250 e. The van der Waals surface area contributed by atoms with E-state index < -0.39 is 5.91 Å². The Labute approximate surface area is 142 Å². The van der Waals surface area contributed by atoms with Crippen LogP contribution in [0.2, 0.25) is 0 Å². The molecule has 1 aromatic carbocycles. The second-order valence-electron chi connectivity index (χ2n) is 7.37. The van der Waals surface area contributed by atoms with Gasteiger partial charge in [-0.05, 0) is 50.3 Å². The number of para-hydroxylation sites is 1. The van der Waals surface area contributed by atoms with Crippen molar-refractivity contribution >= 4 is 16.9 Å². The third-order valence-corrected chi connectivity index (χ3v) is 5.84. The van der Waals surface area contributed by atoms with E-state index in [1.54, 1.807) is 6.07 Å². The number of primary amides is 1. The highest BCUT2D eigenvalue weighted by Gasteiger charge is 2.31. The molecule has 1 aromatic heterocycles. The van der Waals surface area contributed by atoms with Gasteiger partial charge in [-0.1, -0.05) is 25.3 Å². The summed E-state index contributed by atoms with van der Waals surface area (Å²) >= 11 is 0. The number of carbonyl (C=O) groups excluding carboxylic acids is 1. The van der Waals surface area contributed by atoms with Gasteiger partial charge in [0.05, 0.1) is 11.1 Å². The number of nitrogens with zero attached hydrogens (tertiary/aromatic N) is 1. The number of imidazole rings is 1. The molecule has 0 bridgehead atoms. The van der Waals surface area contributed by atoms with Crippen LogP contribution in [-0.2, 0) is 0 Å². The highest BCUT2D eigenvalue weighted by Crippen LogP contribution is 2.35. The van der Waals surface area contributed by atoms with Crippen molar-refractivity contribution in [1.29, 1.82) is 0 Å². The molecule has 4 rings (SSSR count). The van der Waals surface area contributed by atoms with Gasteiger partial charge in [-0.3, -0.25) is 4.79 Å². The number of nitrogens with two attached hydrogens (primary N) is 1. The number of amides is 1. The lowest BCUT2D eigenvalue weighted by molar-refractivity contribution is 0.100. The first-order valence-electron chi connectivity index (χ1n) is 9.24. The number of rotatable bonds is 3. The molecule has 2 fully saturated rings. The van der Waals surface area contributed by atoms with E-state index in [2.05, 4.69) is 10.3 Å². The molecule has 2 atom stereocenters. The summed E-state index contributed by atoms with van der Waals surface area (Å²) in [4.78, 5) is 19.8. The molecule has 5 heteroatoms. The maximum atomic E-state index is 11.6. The Balaban J connectivity index is 1.57. The van der Waals surface area contributed by atoms with Crippen LogP contribution in [0, 0.1) is 5.92 Å². The Kier molecular flexibility index (Phi) is 4.27. The fourth-order valence-corrected chi connectivity index (χ4v) is 4.54. The first-order valence-corrected chi connectivity index (χ1v) is 9.24. The van der Waals surface area contributed by atoms with Gasteiger partial charge < -0.3 is 16.0 Å². The van der Waals surface area contributed by atoms with Crippen molar-refractivity contribution in [2.45, 2.75) is 56.9 Å². The number of aromatic nitrogens is 2. The molecule has 24 heavy (non-hydrogen) atoms. The minimum Gasteiger partial charge on any atom is -0.366 e. The third kappa shape index (κ3) is 2.93. The van der Waals surface area contributed by atoms with Gasteiger partial charge in [0.1, 0.15) is 11.3 Å². The summed E-state index contributed by atoms with van der Waals surface area (Å²) in [7, 11) is 0. The molecule has 4 N–H and O–H groups in total. The zero-order valence-corrected chi connectivity index (χ0v) is 14.1. The lowest BCUT2D eigenvalue weighted by Gasteiger charge is -2.36. The van der Waals surface area contributed by atoms with Gasteiger partial charge in [0.15, 0.2) is 0 Å². The Morgan fingerprint density at radius 3 is 2.79 bits per heavy atom. The minimum atomic E-state index is -0.413. The van der Waals surface area contributed by atoms with E-state index in [0.717, 1.165) is 36.6 Å². The summed E-state index contributed by atoms with van der Waals surface area (Å²) in [5.41, 5.74) is 7.62. The zero-order chi connectivity index (χ0) is 16.5. The average molecular weight is 326 g/mol. The normalized spacial score (nSPS) is 25.8. The first-order chi connectivity index (χ1) is 11.7. The Morgan fingerprint density at radius 1 is 1.17 bits per heavy atom. The van der Waals surface area contributed by atoms with E-state index in [1.807, 2.05) is 12.1 Å². The summed E-state index contributed by atoms with van der Waals surface area (Å²) in [6.07, 6.45) is 9.09. The standard InChI is InChI=1S/C19H26N4O/c20-18(24)14-7-4-8-15-17(14)23-19(22-15)13-9-10-21-16(11-13)12-5-2-1-3-6-12/h4,7-8,12-13,16,21H,1-3,5-6,9-11H2,(H2,20,24)(H,22,23). The topological polar surface area (TPSA) is 83.8 Å². The molecule has 0 radical (unpaired) electrons. The molecule has 1 saturated heterocycles. The Morgan fingerprint density at radius 2 is 2.00 bits per heavy atom. The molecular weight excluding hydrogens is 300 g/mol. The lowest BCUT2D eigenvalue weighted by Crippen LogP contribution is -2.43. The molecule has 5 nitrogen and oxygen atoms in total. The molecule has 128 valence electrons. The number of hydrogen-bond acceptors (Lipinski definition) is 3. The van der Waals surface area contributed by atoms with E-state index in [0.29, 0.717) is 23.0 Å². The Bertz CT molecular complexity index is 732. The monoisotopic (exact) mass is 326 g/mol. The van der Waals surface area contributed by atoms with Crippen LogP contribution in [0.4, 0.5) is 0 Å². The van der Waals surface area contributed by atoms with E-state index >= 15 is 0 Å². The predicted octanol–water partition coefficient (Wildman–Crippen LogP) is 3.08. The second-order valence-corrected chi connectivity index (χ2v) is 7.37. The molecule has 2 heterocycles. The van der Waals surface area contributed by atoms with Crippen LogP contribution >= 0.6 is 0 Å². The van der Waals surface area contributed by atoms with Crippen molar-refractivity contribution < 1.29 is 4.79 Å². The van der Waals surface area contributed by atoms with Crippen molar-refractivity contribution in [3.8, 4) is 0 Å². The quantitative estimate of drug-likeness (QED) is 0.810. The summed E-state index contributed by atoms with van der Waals surface area (Å²) in [5.74, 6) is 1.85. The number of carbonyl (C=O) groups is 1. The number of H-pyrrole nitrogens is 1. The maximum Gasteiger partial charge on any atom is 0.250 e. The summed E-state index contributed by atoms with van der Waals surface area (Å²) in [6.45, 7) is 1.05.